The van der Waals surface area contributed by atoms with Crippen LogP contribution in [0.25, 0.3) is 0 Å². The fourth-order valence-corrected chi connectivity index (χ4v) is 4.26. The Morgan fingerprint density at radius 1 is 1.10 bits per heavy atom. The van der Waals surface area contributed by atoms with Gasteiger partial charge in [0.05, 0.1) is 5.71 Å². The van der Waals surface area contributed by atoms with Crippen molar-refractivity contribution in [2.75, 3.05) is 0 Å². The fourth-order valence-electron chi connectivity index (χ4n) is 4.26. The van der Waals surface area contributed by atoms with Crippen molar-refractivity contribution < 1.29 is 27.5 Å². The quantitative estimate of drug-likeness (QED) is 0.688. The van der Waals surface area contributed by atoms with Gasteiger partial charge in [0.25, 0.3) is 0 Å². The molecule has 1 amide bonds. The molecule has 1 aliphatic heterocycles. The van der Waals surface area contributed by atoms with Crippen molar-refractivity contribution >= 4 is 11.6 Å². The van der Waals surface area contributed by atoms with Crippen molar-refractivity contribution in [3.8, 4) is 5.75 Å². The molecule has 0 saturated heterocycles. The Hall–Kier alpha value is -3.03. The van der Waals surface area contributed by atoms with Gasteiger partial charge in [-0.05, 0) is 36.1 Å². The van der Waals surface area contributed by atoms with Crippen LogP contribution < -0.4 is 10.1 Å². The minimum absolute atomic E-state index is 0.0521. The summed E-state index contributed by atoms with van der Waals surface area (Å²) >= 11 is 0. The molecule has 1 saturated carbocycles. The lowest BCUT2D eigenvalue weighted by atomic mass is 9.87. The average Bonchev–Trinajstić information content (AvgIpc) is 3.42. The molecule has 2 aliphatic rings. The molecule has 1 heterocycles. The number of oxime groups is 1. The summed E-state index contributed by atoms with van der Waals surface area (Å²) in [6, 6.07) is 15.4. The molecule has 0 aromatic heterocycles. The van der Waals surface area contributed by atoms with Crippen molar-refractivity contribution in [2.45, 2.75) is 44.7 Å². The van der Waals surface area contributed by atoms with Gasteiger partial charge in [-0.3, -0.25) is 4.79 Å². The smallest absolute Gasteiger partial charge is 0.406 e. The van der Waals surface area contributed by atoms with E-state index in [1.807, 2.05) is 30.3 Å². The van der Waals surface area contributed by atoms with Gasteiger partial charge in [-0.2, -0.15) is 0 Å². The van der Waals surface area contributed by atoms with Crippen LogP contribution in [-0.2, 0) is 16.2 Å². The largest absolute Gasteiger partial charge is 0.573 e. The van der Waals surface area contributed by atoms with Crippen molar-refractivity contribution in [3.05, 3.63) is 65.7 Å². The molecule has 2 aromatic rings. The third-order valence-corrected chi connectivity index (χ3v) is 5.77. The highest BCUT2D eigenvalue weighted by molar-refractivity contribution is 5.93. The Kier molecular flexibility index (Phi) is 6.15. The molecule has 3 unspecified atom stereocenters. The van der Waals surface area contributed by atoms with Crippen LogP contribution in [0.15, 0.2) is 59.8 Å². The van der Waals surface area contributed by atoms with Gasteiger partial charge < -0.3 is 14.9 Å². The van der Waals surface area contributed by atoms with Crippen molar-refractivity contribution in [2.24, 2.45) is 17.0 Å². The molecule has 8 heteroatoms. The fraction of sp³-hybridized carbons (Fsp3) is 0.391. The van der Waals surface area contributed by atoms with Crippen molar-refractivity contribution in [3.63, 3.8) is 0 Å². The summed E-state index contributed by atoms with van der Waals surface area (Å²) in [4.78, 5) is 18.4. The Morgan fingerprint density at radius 2 is 1.84 bits per heavy atom. The zero-order valence-corrected chi connectivity index (χ0v) is 16.8. The first-order valence-electron chi connectivity index (χ1n) is 10.3. The van der Waals surface area contributed by atoms with E-state index in [1.54, 1.807) is 0 Å². The van der Waals surface area contributed by atoms with Crippen LogP contribution in [-0.4, -0.2) is 18.0 Å². The van der Waals surface area contributed by atoms with E-state index in [-0.39, 0.29) is 36.1 Å². The second kappa shape index (κ2) is 8.99. The lowest BCUT2D eigenvalue weighted by Gasteiger charge is -2.19. The molecule has 4 rings (SSSR count). The predicted octanol–water partition coefficient (Wildman–Crippen LogP) is 5.14. The molecule has 3 atom stereocenters. The minimum Gasteiger partial charge on any atom is -0.406 e. The standard InChI is InChI=1S/C23H23F3N2O3/c24-23(25,26)30-17-11-9-15(10-12-17)14-27-22(29)19-8-4-7-18(19)20-13-21(31-28-20)16-5-2-1-3-6-16/h1-3,5-6,9-12,18-19,21H,4,7-8,13-14H2,(H,27,29). The van der Waals surface area contributed by atoms with E-state index in [4.69, 9.17) is 4.84 Å². The molecule has 2 aromatic carbocycles. The summed E-state index contributed by atoms with van der Waals surface area (Å²) in [5.41, 5.74) is 2.70. The maximum absolute atomic E-state index is 12.8. The molecule has 1 fully saturated rings. The van der Waals surface area contributed by atoms with Crippen LogP contribution in [0.1, 0.15) is 42.9 Å². The summed E-state index contributed by atoms with van der Waals surface area (Å²) in [6.45, 7) is 0.240. The number of benzene rings is 2. The number of hydrogen-bond donors (Lipinski definition) is 1. The normalized spacial score (nSPS) is 23.2. The maximum atomic E-state index is 12.8. The molecule has 0 bridgehead atoms. The Morgan fingerprint density at radius 3 is 2.55 bits per heavy atom. The van der Waals surface area contributed by atoms with Crippen LogP contribution in [0.3, 0.4) is 0 Å². The van der Waals surface area contributed by atoms with E-state index in [9.17, 15) is 18.0 Å². The van der Waals surface area contributed by atoms with E-state index in [0.717, 1.165) is 30.5 Å². The average molecular weight is 432 g/mol. The Labute approximate surface area is 178 Å². The Balaban J connectivity index is 1.31. The lowest BCUT2D eigenvalue weighted by Crippen LogP contribution is -2.34. The highest BCUT2D eigenvalue weighted by atomic mass is 19.4. The number of amides is 1. The lowest BCUT2D eigenvalue weighted by molar-refractivity contribution is -0.274. The number of ether oxygens (including phenoxy) is 1. The van der Waals surface area contributed by atoms with Gasteiger partial charge in [0.15, 0.2) is 6.10 Å². The van der Waals surface area contributed by atoms with E-state index in [1.165, 1.54) is 24.3 Å². The van der Waals surface area contributed by atoms with Crippen LogP contribution in [0.2, 0.25) is 0 Å². The van der Waals surface area contributed by atoms with Crippen LogP contribution >= 0.6 is 0 Å². The second-order valence-electron chi connectivity index (χ2n) is 7.84. The van der Waals surface area contributed by atoms with Crippen LogP contribution in [0, 0.1) is 11.8 Å². The third kappa shape index (κ3) is 5.37. The van der Waals surface area contributed by atoms with Gasteiger partial charge in [0.1, 0.15) is 5.75 Å². The molecule has 164 valence electrons. The van der Waals surface area contributed by atoms with Crippen LogP contribution in [0.5, 0.6) is 5.75 Å². The highest BCUT2D eigenvalue weighted by Crippen LogP contribution is 2.39. The number of rotatable bonds is 6. The zero-order chi connectivity index (χ0) is 21.8. The number of carbonyl (C=O) groups excluding carboxylic acids is 1. The molecule has 31 heavy (non-hydrogen) atoms. The minimum atomic E-state index is -4.72. The van der Waals surface area contributed by atoms with E-state index >= 15 is 0 Å². The number of carbonyl (C=O) groups is 1. The molecule has 5 nitrogen and oxygen atoms in total. The first kappa shape index (κ1) is 21.2. The number of alkyl halides is 3. The topological polar surface area (TPSA) is 59.9 Å². The molecule has 0 radical (unpaired) electrons. The van der Waals surface area contributed by atoms with Gasteiger partial charge in [-0.1, -0.05) is 54.0 Å². The summed E-state index contributed by atoms with van der Waals surface area (Å²) in [5.74, 6) is -0.476. The highest BCUT2D eigenvalue weighted by Gasteiger charge is 2.39. The molecular weight excluding hydrogens is 409 g/mol. The van der Waals surface area contributed by atoms with E-state index < -0.39 is 6.36 Å². The van der Waals surface area contributed by atoms with Gasteiger partial charge >= 0.3 is 6.36 Å². The number of halogens is 3. The van der Waals surface area contributed by atoms with Crippen molar-refractivity contribution in [1.29, 1.82) is 0 Å². The maximum Gasteiger partial charge on any atom is 0.573 e. The molecule has 1 N–H and O–H groups in total. The summed E-state index contributed by atoms with van der Waals surface area (Å²) in [7, 11) is 0. The zero-order valence-electron chi connectivity index (χ0n) is 16.8. The SMILES string of the molecule is O=C(NCc1ccc(OC(F)(F)F)cc1)C1CCCC1C1=NOC(c2ccccc2)C1. The van der Waals surface area contributed by atoms with E-state index in [0.29, 0.717) is 12.0 Å². The van der Waals surface area contributed by atoms with Gasteiger partial charge in [0.2, 0.25) is 5.91 Å². The first-order chi connectivity index (χ1) is 14.9. The van der Waals surface area contributed by atoms with Crippen molar-refractivity contribution in [1.82, 2.24) is 5.32 Å². The Bertz CT molecular complexity index is 929. The molecular formula is C23H23F3N2O3. The predicted molar refractivity (Wildman–Crippen MR) is 108 cm³/mol. The summed E-state index contributed by atoms with van der Waals surface area (Å²) in [6.07, 6.45) is -1.53. The number of nitrogens with one attached hydrogen (secondary N) is 1. The van der Waals surface area contributed by atoms with Gasteiger partial charge in [0, 0.05) is 24.8 Å². The third-order valence-electron chi connectivity index (χ3n) is 5.77. The number of hydrogen-bond acceptors (Lipinski definition) is 4. The van der Waals surface area contributed by atoms with Crippen LogP contribution in [0.4, 0.5) is 13.2 Å². The summed E-state index contributed by atoms with van der Waals surface area (Å²) in [5, 5.41) is 7.20. The van der Waals surface area contributed by atoms with E-state index in [2.05, 4.69) is 15.2 Å². The second-order valence-corrected chi connectivity index (χ2v) is 7.84. The first-order valence-corrected chi connectivity index (χ1v) is 10.3. The van der Waals surface area contributed by atoms with Gasteiger partial charge in [-0.25, -0.2) is 0 Å². The van der Waals surface area contributed by atoms with Gasteiger partial charge in [-0.15, -0.1) is 13.2 Å². The number of nitrogens with zero attached hydrogens (tertiary/aromatic N) is 1. The monoisotopic (exact) mass is 432 g/mol. The molecule has 0 spiro atoms. The summed E-state index contributed by atoms with van der Waals surface area (Å²) < 4.78 is 40.6. The molecule has 1 aliphatic carbocycles.